The minimum atomic E-state index is -0.406. The number of hydrogen-bond acceptors (Lipinski definition) is 5. The van der Waals surface area contributed by atoms with Gasteiger partial charge in [0.2, 0.25) is 5.91 Å². The molecule has 9 heteroatoms. The maximum Gasteiger partial charge on any atom is 0.238 e. The maximum absolute atomic E-state index is 12.6. The van der Waals surface area contributed by atoms with E-state index in [-0.39, 0.29) is 11.7 Å². The van der Waals surface area contributed by atoms with Crippen molar-refractivity contribution in [2.24, 2.45) is 0 Å². The first-order valence-electron chi connectivity index (χ1n) is 8.22. The lowest BCUT2D eigenvalue weighted by Crippen LogP contribution is -2.23. The average Bonchev–Trinajstić information content (AvgIpc) is 2.99. The number of benzene rings is 1. The number of carbonyl (C=O) groups is 1. The van der Waals surface area contributed by atoms with Gasteiger partial charge in [0.05, 0.1) is 32.9 Å². The van der Waals surface area contributed by atoms with Crippen LogP contribution in [0.3, 0.4) is 0 Å². The summed E-state index contributed by atoms with van der Waals surface area (Å²) in [7, 11) is 1.66. The number of carbonyl (C=O) groups excluding carboxylic acids is 1. The molecule has 0 aliphatic carbocycles. The van der Waals surface area contributed by atoms with Crippen LogP contribution in [0.25, 0.3) is 11.0 Å². The van der Waals surface area contributed by atoms with Crippen molar-refractivity contribution in [2.45, 2.75) is 23.9 Å². The van der Waals surface area contributed by atoms with E-state index in [1.165, 1.54) is 24.0 Å². The third-order valence-corrected chi connectivity index (χ3v) is 5.42. The molecule has 6 nitrogen and oxygen atoms in total. The summed E-state index contributed by atoms with van der Waals surface area (Å²) in [6.45, 7) is 3.01. The number of rotatable bonds is 7. The summed E-state index contributed by atoms with van der Waals surface area (Å²) in [5, 5.41) is 3.78. The molecule has 27 heavy (non-hydrogen) atoms. The molecule has 1 amide bonds. The van der Waals surface area contributed by atoms with Gasteiger partial charge in [0.1, 0.15) is 0 Å². The topological polar surface area (TPSA) is 69.0 Å². The van der Waals surface area contributed by atoms with Gasteiger partial charge in [-0.1, -0.05) is 47.1 Å². The minimum absolute atomic E-state index is 0.220. The van der Waals surface area contributed by atoms with Crippen molar-refractivity contribution < 1.29 is 9.53 Å². The van der Waals surface area contributed by atoms with Crippen molar-refractivity contribution in [3.8, 4) is 0 Å². The molecule has 0 spiro atoms. The third-order valence-electron chi connectivity index (χ3n) is 3.84. The first kappa shape index (κ1) is 19.9. The number of nitrogens with one attached hydrogen (secondary N) is 1. The number of pyridine rings is 1. The molecule has 0 radical (unpaired) electrons. The molecule has 0 bridgehead atoms. The summed E-state index contributed by atoms with van der Waals surface area (Å²) in [5.41, 5.74) is 1.89. The Morgan fingerprint density at radius 1 is 1.37 bits per heavy atom. The van der Waals surface area contributed by atoms with E-state index in [1.807, 2.05) is 31.2 Å². The maximum atomic E-state index is 12.6. The smallest absolute Gasteiger partial charge is 0.238 e. The molecular formula is C18H18Cl2N4O2S. The number of fused-ring (bicyclic) bond motifs is 1. The number of amides is 1. The van der Waals surface area contributed by atoms with Crippen LogP contribution in [0.2, 0.25) is 10.0 Å². The predicted octanol–water partition coefficient (Wildman–Crippen LogP) is 4.50. The van der Waals surface area contributed by atoms with Crippen LogP contribution >= 0.6 is 35.0 Å². The molecule has 2 heterocycles. The van der Waals surface area contributed by atoms with Crippen molar-refractivity contribution >= 4 is 57.7 Å². The Balaban J connectivity index is 1.78. The number of para-hydroxylation sites is 2. The lowest BCUT2D eigenvalue weighted by molar-refractivity contribution is -0.115. The van der Waals surface area contributed by atoms with E-state index in [2.05, 4.69) is 19.9 Å². The Hall–Kier alpha value is -1.80. The minimum Gasteiger partial charge on any atom is -0.383 e. The number of thioether (sulfide) groups is 1. The van der Waals surface area contributed by atoms with E-state index < -0.39 is 5.25 Å². The first-order valence-corrected chi connectivity index (χ1v) is 9.86. The quantitative estimate of drug-likeness (QED) is 0.565. The fourth-order valence-electron chi connectivity index (χ4n) is 2.48. The van der Waals surface area contributed by atoms with E-state index in [0.29, 0.717) is 23.2 Å². The van der Waals surface area contributed by atoms with Crippen molar-refractivity contribution in [1.82, 2.24) is 14.5 Å². The normalized spacial score (nSPS) is 12.3. The van der Waals surface area contributed by atoms with Crippen LogP contribution in [0.5, 0.6) is 0 Å². The van der Waals surface area contributed by atoms with Gasteiger partial charge in [-0.15, -0.1) is 0 Å². The van der Waals surface area contributed by atoms with Crippen molar-refractivity contribution in [1.29, 1.82) is 0 Å². The van der Waals surface area contributed by atoms with Crippen LogP contribution in [0.1, 0.15) is 6.92 Å². The van der Waals surface area contributed by atoms with E-state index in [1.54, 1.807) is 7.11 Å². The van der Waals surface area contributed by atoms with Crippen LogP contribution in [0, 0.1) is 0 Å². The van der Waals surface area contributed by atoms with Gasteiger partial charge < -0.3 is 14.6 Å². The van der Waals surface area contributed by atoms with Gasteiger partial charge in [0, 0.05) is 19.9 Å². The molecule has 0 aliphatic rings. The van der Waals surface area contributed by atoms with Gasteiger partial charge in [-0.25, -0.2) is 9.97 Å². The molecule has 3 rings (SSSR count). The Kier molecular flexibility index (Phi) is 6.59. The second-order valence-electron chi connectivity index (χ2n) is 5.76. The number of anilines is 1. The highest BCUT2D eigenvalue weighted by Crippen LogP contribution is 2.29. The van der Waals surface area contributed by atoms with E-state index >= 15 is 0 Å². The van der Waals surface area contributed by atoms with Gasteiger partial charge in [0.25, 0.3) is 0 Å². The Morgan fingerprint density at radius 2 is 2.15 bits per heavy atom. The van der Waals surface area contributed by atoms with Crippen LogP contribution in [-0.4, -0.2) is 39.4 Å². The highest BCUT2D eigenvalue weighted by Gasteiger charge is 2.20. The molecule has 142 valence electrons. The zero-order valence-corrected chi connectivity index (χ0v) is 17.1. The Labute approximate surface area is 171 Å². The average molecular weight is 425 g/mol. The highest BCUT2D eigenvalue weighted by atomic mass is 35.5. The van der Waals surface area contributed by atoms with E-state index in [0.717, 1.165) is 16.2 Å². The van der Waals surface area contributed by atoms with E-state index in [9.17, 15) is 4.79 Å². The van der Waals surface area contributed by atoms with Crippen molar-refractivity contribution in [2.75, 3.05) is 19.0 Å². The van der Waals surface area contributed by atoms with Crippen LogP contribution in [-0.2, 0) is 16.1 Å². The Bertz CT molecular complexity index is 964. The lowest BCUT2D eigenvalue weighted by atomic mass is 10.3. The van der Waals surface area contributed by atoms with Gasteiger partial charge >= 0.3 is 0 Å². The zero-order chi connectivity index (χ0) is 19.4. The first-order chi connectivity index (χ1) is 13.0. The van der Waals surface area contributed by atoms with Gasteiger partial charge in [0.15, 0.2) is 11.0 Å². The lowest BCUT2D eigenvalue weighted by Gasteiger charge is -2.13. The van der Waals surface area contributed by atoms with E-state index in [4.69, 9.17) is 27.9 Å². The number of nitrogens with zero attached hydrogens (tertiary/aromatic N) is 3. The van der Waals surface area contributed by atoms with Gasteiger partial charge in [-0.2, -0.15) is 0 Å². The summed E-state index contributed by atoms with van der Waals surface area (Å²) in [4.78, 5) is 21.3. The standard InChI is InChI=1S/C18H18Cl2N4O2S/c1-11(17(25)23-16-13(20)9-12(19)10-21-16)27-18-22-14-5-3-4-6-15(14)24(18)7-8-26-2/h3-6,9-11H,7-8H2,1-2H3,(H,21,23,25)/t11-/m0/s1. The summed E-state index contributed by atoms with van der Waals surface area (Å²) >= 11 is 13.3. The molecule has 1 atom stereocenters. The fourth-order valence-corrected chi connectivity index (χ4v) is 3.86. The number of hydrogen-bond donors (Lipinski definition) is 1. The number of methoxy groups -OCH3 is 1. The molecule has 2 aromatic heterocycles. The number of imidazole rings is 1. The second kappa shape index (κ2) is 8.93. The van der Waals surface area contributed by atoms with Gasteiger partial charge in [-0.3, -0.25) is 4.79 Å². The number of aromatic nitrogens is 3. The fraction of sp³-hybridized carbons (Fsp3) is 0.278. The molecule has 1 N–H and O–H groups in total. The summed E-state index contributed by atoms with van der Waals surface area (Å²) in [6.07, 6.45) is 1.44. The third kappa shape index (κ3) is 4.73. The molecule has 0 saturated carbocycles. The molecule has 0 fully saturated rings. The van der Waals surface area contributed by atoms with Crippen molar-refractivity contribution in [3.63, 3.8) is 0 Å². The van der Waals surface area contributed by atoms with Crippen LogP contribution in [0.15, 0.2) is 41.7 Å². The summed E-state index contributed by atoms with van der Waals surface area (Å²) < 4.78 is 7.26. The molecule has 3 aromatic rings. The highest BCUT2D eigenvalue weighted by molar-refractivity contribution is 8.00. The predicted molar refractivity (Wildman–Crippen MR) is 110 cm³/mol. The number of halogens is 2. The SMILES string of the molecule is COCCn1c(S[C@@H](C)C(=O)Nc2ncc(Cl)cc2Cl)nc2ccccc21. The number of ether oxygens (including phenoxy) is 1. The van der Waals surface area contributed by atoms with Gasteiger partial charge in [-0.05, 0) is 25.1 Å². The molecular weight excluding hydrogens is 407 g/mol. The molecule has 0 saturated heterocycles. The molecule has 0 aliphatic heterocycles. The summed E-state index contributed by atoms with van der Waals surface area (Å²) in [6, 6.07) is 9.39. The molecule has 1 aromatic carbocycles. The second-order valence-corrected chi connectivity index (χ2v) is 7.91. The van der Waals surface area contributed by atoms with Crippen molar-refractivity contribution in [3.05, 3.63) is 46.6 Å². The largest absolute Gasteiger partial charge is 0.383 e. The Morgan fingerprint density at radius 3 is 2.89 bits per heavy atom. The molecule has 0 unspecified atom stereocenters. The monoisotopic (exact) mass is 424 g/mol. The van der Waals surface area contributed by atoms with Crippen LogP contribution < -0.4 is 5.32 Å². The summed E-state index contributed by atoms with van der Waals surface area (Å²) in [5.74, 6) is 0.0634. The zero-order valence-electron chi connectivity index (χ0n) is 14.8. The van der Waals surface area contributed by atoms with Crippen LogP contribution in [0.4, 0.5) is 5.82 Å².